The second-order valence-electron chi connectivity index (χ2n) is 9.18. The molecule has 0 amide bonds. The lowest BCUT2D eigenvalue weighted by molar-refractivity contribution is -0.172. The summed E-state index contributed by atoms with van der Waals surface area (Å²) in [7, 11) is -1.43. The van der Waals surface area contributed by atoms with E-state index in [2.05, 4.69) is 33.5 Å². The fourth-order valence-corrected chi connectivity index (χ4v) is 4.48. The van der Waals surface area contributed by atoms with Crippen LogP contribution in [0.4, 0.5) is 0 Å². The van der Waals surface area contributed by atoms with Crippen LogP contribution in [0.2, 0.25) is 24.7 Å². The Morgan fingerprint density at radius 1 is 1.18 bits per heavy atom. The molecule has 0 bridgehead atoms. The Bertz CT molecular complexity index is 396. The molecule has 3 unspecified atom stereocenters. The van der Waals surface area contributed by atoms with E-state index in [9.17, 15) is 9.90 Å². The minimum atomic E-state index is -1.43. The molecule has 0 heterocycles. The number of hydrogen-bond acceptors (Lipinski definition) is 3. The summed E-state index contributed by atoms with van der Waals surface area (Å²) < 4.78 is 5.72. The predicted octanol–water partition coefficient (Wildman–Crippen LogP) is 4.61. The smallest absolute Gasteiger partial charge is 0.311 e. The first-order valence-corrected chi connectivity index (χ1v) is 12.2. The summed E-state index contributed by atoms with van der Waals surface area (Å²) in [5.74, 6) is 0.0426. The number of hydrogen-bond donors (Lipinski definition) is 1. The van der Waals surface area contributed by atoms with E-state index in [1.54, 1.807) is 0 Å². The molecule has 1 aliphatic rings. The molecule has 0 spiro atoms. The standard InChI is InChI=1S/C18H36O3Si/c1-9-17(2,3)16(20)21-14-12-10-11-13(15(14)19)18(4,5)22(6,7)8/h13-15,19H,9-12H2,1-8H3. The van der Waals surface area contributed by atoms with Crippen molar-refractivity contribution < 1.29 is 14.6 Å². The number of aliphatic hydroxyl groups is 1. The fraction of sp³-hybridized carbons (Fsp3) is 0.944. The summed E-state index contributed by atoms with van der Waals surface area (Å²) in [6.07, 6.45) is 2.72. The highest BCUT2D eigenvalue weighted by molar-refractivity contribution is 6.79. The van der Waals surface area contributed by atoms with Gasteiger partial charge in [-0.2, -0.15) is 0 Å². The highest BCUT2D eigenvalue weighted by Gasteiger charge is 2.48. The topological polar surface area (TPSA) is 46.5 Å². The summed E-state index contributed by atoms with van der Waals surface area (Å²) in [6.45, 7) is 17.5. The zero-order chi connectivity index (χ0) is 17.3. The van der Waals surface area contributed by atoms with Gasteiger partial charge in [0.1, 0.15) is 6.10 Å². The van der Waals surface area contributed by atoms with E-state index < -0.39 is 19.6 Å². The van der Waals surface area contributed by atoms with Crippen molar-refractivity contribution in [2.45, 2.75) is 97.2 Å². The van der Waals surface area contributed by atoms with Crippen molar-refractivity contribution in [2.24, 2.45) is 11.3 Å². The lowest BCUT2D eigenvalue weighted by Crippen LogP contribution is -2.51. The van der Waals surface area contributed by atoms with E-state index in [-0.39, 0.29) is 23.0 Å². The molecule has 0 saturated heterocycles. The molecule has 1 rings (SSSR count). The molecule has 0 aromatic carbocycles. The lowest BCUT2D eigenvalue weighted by atomic mass is 9.77. The summed E-state index contributed by atoms with van der Waals surface area (Å²) >= 11 is 0. The van der Waals surface area contributed by atoms with Gasteiger partial charge in [0.25, 0.3) is 0 Å². The maximum atomic E-state index is 12.3. The van der Waals surface area contributed by atoms with E-state index in [0.717, 1.165) is 25.7 Å². The van der Waals surface area contributed by atoms with Crippen molar-refractivity contribution in [1.29, 1.82) is 0 Å². The van der Waals surface area contributed by atoms with Crippen LogP contribution in [0.3, 0.4) is 0 Å². The fourth-order valence-electron chi connectivity index (χ4n) is 3.05. The van der Waals surface area contributed by atoms with Gasteiger partial charge >= 0.3 is 5.97 Å². The first kappa shape index (κ1) is 19.7. The Labute approximate surface area is 137 Å². The van der Waals surface area contributed by atoms with Gasteiger partial charge < -0.3 is 9.84 Å². The SMILES string of the molecule is CCC(C)(C)C(=O)OC1CCCC(C(C)(C)[Si](C)(C)C)C1O. The normalized spacial score (nSPS) is 27.6. The minimum Gasteiger partial charge on any atom is -0.459 e. The first-order valence-electron chi connectivity index (χ1n) is 8.73. The van der Waals surface area contributed by atoms with Crippen LogP contribution < -0.4 is 0 Å². The van der Waals surface area contributed by atoms with Gasteiger partial charge in [-0.25, -0.2) is 0 Å². The molecule has 1 saturated carbocycles. The Morgan fingerprint density at radius 2 is 1.73 bits per heavy atom. The average Bonchev–Trinajstić information content (AvgIpc) is 2.39. The number of carbonyl (C=O) groups is 1. The van der Waals surface area contributed by atoms with E-state index >= 15 is 0 Å². The number of ether oxygens (including phenoxy) is 1. The molecule has 0 aromatic heterocycles. The molecule has 22 heavy (non-hydrogen) atoms. The van der Waals surface area contributed by atoms with Crippen LogP contribution in [-0.2, 0) is 9.53 Å². The van der Waals surface area contributed by atoms with E-state index in [0.29, 0.717) is 0 Å². The quantitative estimate of drug-likeness (QED) is 0.592. The van der Waals surface area contributed by atoms with Crippen molar-refractivity contribution in [3.8, 4) is 0 Å². The molecule has 1 aliphatic carbocycles. The number of esters is 1. The van der Waals surface area contributed by atoms with Gasteiger partial charge in [-0.15, -0.1) is 0 Å². The van der Waals surface area contributed by atoms with Crippen LogP contribution in [0.1, 0.15) is 60.3 Å². The van der Waals surface area contributed by atoms with Gasteiger partial charge in [-0.05, 0) is 50.5 Å². The van der Waals surface area contributed by atoms with Crippen molar-refractivity contribution in [3.63, 3.8) is 0 Å². The van der Waals surface area contributed by atoms with E-state index in [1.165, 1.54) is 0 Å². The third kappa shape index (κ3) is 3.94. The highest BCUT2D eigenvalue weighted by Crippen LogP contribution is 2.50. The Kier molecular flexibility index (Phi) is 5.94. The van der Waals surface area contributed by atoms with Gasteiger partial charge in [-0.1, -0.05) is 40.4 Å². The molecule has 4 heteroatoms. The highest BCUT2D eigenvalue weighted by atomic mass is 28.3. The van der Waals surface area contributed by atoms with Crippen LogP contribution in [0.25, 0.3) is 0 Å². The molecule has 3 nitrogen and oxygen atoms in total. The van der Waals surface area contributed by atoms with Crippen molar-refractivity contribution in [3.05, 3.63) is 0 Å². The Balaban J connectivity index is 2.87. The summed E-state index contributed by atoms with van der Waals surface area (Å²) in [6, 6.07) is 0. The second-order valence-corrected chi connectivity index (χ2v) is 15.0. The summed E-state index contributed by atoms with van der Waals surface area (Å²) in [4.78, 5) is 12.3. The number of aliphatic hydroxyl groups excluding tert-OH is 1. The average molecular weight is 329 g/mol. The lowest BCUT2D eigenvalue weighted by Gasteiger charge is -2.49. The molecular formula is C18H36O3Si. The summed E-state index contributed by atoms with van der Waals surface area (Å²) in [5.41, 5.74) is -0.471. The number of carbonyl (C=O) groups excluding carboxylic acids is 1. The third-order valence-electron chi connectivity index (χ3n) is 6.35. The molecule has 130 valence electrons. The zero-order valence-corrected chi connectivity index (χ0v) is 16.8. The zero-order valence-electron chi connectivity index (χ0n) is 15.8. The molecular weight excluding hydrogens is 292 g/mol. The Hall–Kier alpha value is -0.353. The van der Waals surface area contributed by atoms with E-state index in [4.69, 9.17) is 4.74 Å². The summed E-state index contributed by atoms with van der Waals surface area (Å²) in [5, 5.41) is 11.0. The molecule has 0 radical (unpaired) electrons. The van der Waals surface area contributed by atoms with Gasteiger partial charge in [0.15, 0.2) is 0 Å². The van der Waals surface area contributed by atoms with Gasteiger partial charge in [0.05, 0.1) is 19.6 Å². The van der Waals surface area contributed by atoms with Crippen LogP contribution in [0, 0.1) is 11.3 Å². The number of rotatable bonds is 5. The molecule has 0 aromatic rings. The minimum absolute atomic E-state index is 0.123. The van der Waals surface area contributed by atoms with Crippen molar-refractivity contribution in [2.75, 3.05) is 0 Å². The predicted molar refractivity (Wildman–Crippen MR) is 94.7 cm³/mol. The maximum Gasteiger partial charge on any atom is 0.311 e. The Morgan fingerprint density at radius 3 is 2.18 bits per heavy atom. The van der Waals surface area contributed by atoms with Gasteiger partial charge in [-0.3, -0.25) is 4.79 Å². The molecule has 1 N–H and O–H groups in total. The maximum absolute atomic E-state index is 12.3. The second kappa shape index (κ2) is 6.64. The molecule has 1 fully saturated rings. The molecule has 3 atom stereocenters. The monoisotopic (exact) mass is 328 g/mol. The van der Waals surface area contributed by atoms with Crippen LogP contribution in [0.15, 0.2) is 0 Å². The first-order chi connectivity index (χ1) is 9.84. The molecule has 0 aliphatic heterocycles. The van der Waals surface area contributed by atoms with Crippen LogP contribution in [-0.4, -0.2) is 31.4 Å². The van der Waals surface area contributed by atoms with Gasteiger partial charge in [0, 0.05) is 0 Å². The third-order valence-corrected chi connectivity index (χ3v) is 10.6. The van der Waals surface area contributed by atoms with Crippen molar-refractivity contribution in [1.82, 2.24) is 0 Å². The van der Waals surface area contributed by atoms with Gasteiger partial charge in [0.2, 0.25) is 0 Å². The van der Waals surface area contributed by atoms with E-state index in [1.807, 2.05) is 20.8 Å². The van der Waals surface area contributed by atoms with Crippen LogP contribution >= 0.6 is 0 Å². The van der Waals surface area contributed by atoms with Crippen LogP contribution in [0.5, 0.6) is 0 Å². The largest absolute Gasteiger partial charge is 0.459 e. The van der Waals surface area contributed by atoms with Crippen molar-refractivity contribution >= 4 is 14.0 Å².